The van der Waals surface area contributed by atoms with Gasteiger partial charge in [0.2, 0.25) is 59.3 Å². The minimum absolute atomic E-state index is 0.0189. The summed E-state index contributed by atoms with van der Waals surface area (Å²) in [6, 6.07) is 2.05. The van der Waals surface area contributed by atoms with Crippen molar-refractivity contribution in [3.8, 4) is 51.4 Å². The lowest BCUT2D eigenvalue weighted by Crippen LogP contribution is -2.60. The van der Waals surface area contributed by atoms with Gasteiger partial charge in [-0.25, -0.2) is 4.79 Å². The molecular weight excluding hydrogens is 1380 g/mol. The van der Waals surface area contributed by atoms with Crippen LogP contribution in [0.25, 0.3) is 11.1 Å². The molecule has 7 aliphatic rings. The van der Waals surface area contributed by atoms with Crippen LogP contribution in [0.15, 0.2) is 78.9 Å². The van der Waals surface area contributed by atoms with Crippen LogP contribution < -0.4 is 51.8 Å². The van der Waals surface area contributed by atoms with Gasteiger partial charge in [0.05, 0.1) is 18.1 Å². The fourth-order valence-electron chi connectivity index (χ4n) is 12.9. The Hall–Kier alpha value is -9.90. The van der Waals surface area contributed by atoms with E-state index in [9.17, 15) is 55.2 Å². The molecule has 16 N–H and O–H groups in total. The van der Waals surface area contributed by atoms with Crippen LogP contribution >= 0.6 is 11.6 Å². The van der Waals surface area contributed by atoms with Crippen LogP contribution in [0.2, 0.25) is 5.02 Å². The van der Waals surface area contributed by atoms with Crippen molar-refractivity contribution >= 4 is 65.0 Å². The Bertz CT molecular complexity index is 4180. The number of rotatable bonds is 11. The van der Waals surface area contributed by atoms with E-state index in [1.54, 1.807) is 41.5 Å². The summed E-state index contributed by atoms with van der Waals surface area (Å²) >= 11 is 7.10. The van der Waals surface area contributed by atoms with Crippen LogP contribution in [-0.2, 0) is 47.8 Å². The average molecular weight is 1470 g/mol. The molecule has 7 heterocycles. The highest BCUT2D eigenvalue weighted by Gasteiger charge is 2.47. The van der Waals surface area contributed by atoms with Crippen molar-refractivity contribution in [2.24, 2.45) is 11.7 Å². The molecule has 558 valence electrons. The highest BCUT2D eigenvalue weighted by atomic mass is 35.5. The minimum Gasteiger partial charge on any atom is -0.508 e. The maximum absolute atomic E-state index is 16.1. The van der Waals surface area contributed by atoms with Gasteiger partial charge in [-0.2, -0.15) is 0 Å². The van der Waals surface area contributed by atoms with E-state index < -0.39 is 186 Å². The van der Waals surface area contributed by atoms with Crippen LogP contribution in [0.3, 0.4) is 0 Å². The first-order chi connectivity index (χ1) is 49.0. The first kappa shape index (κ1) is 76.7. The first-order valence-electron chi connectivity index (χ1n) is 33.5. The summed E-state index contributed by atoms with van der Waals surface area (Å²) in [7, 11) is 3.15. The zero-order chi connectivity index (χ0) is 75.8. The summed E-state index contributed by atoms with van der Waals surface area (Å²) in [5.41, 5.74) is 4.25. The summed E-state index contributed by atoms with van der Waals surface area (Å²) in [4.78, 5) is 139. The van der Waals surface area contributed by atoms with E-state index >= 15 is 28.8 Å². The quantitative estimate of drug-likeness (QED) is 0.0890. The Morgan fingerprint density at radius 3 is 1.94 bits per heavy atom. The molecule has 5 aromatic carbocycles. The Morgan fingerprint density at radius 1 is 0.702 bits per heavy atom. The summed E-state index contributed by atoms with van der Waals surface area (Å²) in [6.07, 6.45) is -15.9. The van der Waals surface area contributed by atoms with Gasteiger partial charge in [-0.3, -0.25) is 43.3 Å². The number of nitrogens with two attached hydrogens (primary N) is 1. The van der Waals surface area contributed by atoms with Crippen molar-refractivity contribution < 1.29 is 108 Å². The predicted molar refractivity (Wildman–Crippen MR) is 367 cm³/mol. The molecular formula is C71H85ClN10O22. The number of primary amides is 1. The zero-order valence-electron chi connectivity index (χ0n) is 58.2. The number of likely N-dealkylation sites (N-methyl/N-ethyl adjacent to an activating group) is 2. The molecule has 0 unspecified atom stereocenters. The molecule has 9 amide bonds. The first-order valence-corrected chi connectivity index (χ1v) is 33.9. The van der Waals surface area contributed by atoms with Crippen molar-refractivity contribution in [3.05, 3.63) is 123 Å². The third-order valence-electron chi connectivity index (χ3n) is 18.4. The molecule has 0 saturated carbocycles. The molecule has 32 nitrogen and oxygen atoms in total. The molecule has 2 fully saturated rings. The molecule has 7 aliphatic heterocycles. The van der Waals surface area contributed by atoms with Gasteiger partial charge < -0.3 is 112 Å². The number of hydrogen-bond acceptors (Lipinski definition) is 23. The second kappa shape index (κ2) is 31.2. The minimum atomic E-state index is -2.27. The Labute approximate surface area is 601 Å². The van der Waals surface area contributed by atoms with Crippen LogP contribution in [0.5, 0.6) is 40.2 Å². The lowest BCUT2D eigenvalue weighted by atomic mass is 9.87. The normalized spacial score (nSPS) is 25.6. The van der Waals surface area contributed by atoms with E-state index in [1.807, 2.05) is 11.9 Å². The van der Waals surface area contributed by atoms with E-state index in [1.165, 1.54) is 73.5 Å². The number of phenols is 2. The zero-order valence-corrected chi connectivity index (χ0v) is 59.0. The van der Waals surface area contributed by atoms with Gasteiger partial charge in [-0.15, -0.1) is 0 Å². The van der Waals surface area contributed by atoms with Crippen LogP contribution in [0, 0.1) is 19.8 Å². The van der Waals surface area contributed by atoms with Crippen LogP contribution in [0.4, 0.5) is 4.79 Å². The number of nitrogens with one attached hydrogen (secondary N) is 6. The molecule has 2 saturated heterocycles. The molecule has 0 aromatic heterocycles. The summed E-state index contributed by atoms with van der Waals surface area (Å²) in [5, 5.41) is 107. The third kappa shape index (κ3) is 16.7. The topological polar surface area (TPSA) is 470 Å². The number of ether oxygens (including phenoxy) is 5. The van der Waals surface area contributed by atoms with Crippen molar-refractivity contribution in [1.82, 2.24) is 46.6 Å². The predicted octanol–water partition coefficient (Wildman–Crippen LogP) is 1.46. The lowest BCUT2D eigenvalue weighted by Gasteiger charge is -2.39. The van der Waals surface area contributed by atoms with E-state index in [2.05, 4.69) is 31.9 Å². The average Bonchev–Trinajstić information content (AvgIpc) is 0.766. The number of benzene rings is 5. The second-order valence-corrected chi connectivity index (χ2v) is 28.3. The van der Waals surface area contributed by atoms with Crippen molar-refractivity contribution in [2.45, 2.75) is 152 Å². The highest BCUT2D eigenvalue weighted by Crippen LogP contribution is 2.49. The number of aliphatic hydroxyl groups excluding tert-OH is 6. The number of carbonyl (C=O) groups excluding carboxylic acids is 9. The van der Waals surface area contributed by atoms with Crippen LogP contribution in [0.1, 0.15) is 117 Å². The number of halogens is 1. The maximum Gasteiger partial charge on any atom is 0.410 e. The highest BCUT2D eigenvalue weighted by molar-refractivity contribution is 6.32. The van der Waals surface area contributed by atoms with Gasteiger partial charge in [-0.1, -0.05) is 43.6 Å². The fourth-order valence-corrected chi connectivity index (χ4v) is 13.1. The number of phenolic OH excluding ortho intramolecular Hbond substituents is 2. The molecule has 0 radical (unpaired) electrons. The van der Waals surface area contributed by atoms with Crippen molar-refractivity contribution in [3.63, 3.8) is 0 Å². The maximum atomic E-state index is 16.1. The SMILES string of the molecule is Cc1cc2ccc1Oc1cc3cc(c1O[C@@H]1O[C@H](CO)[C@@H](O)[C@H](O)[C@H]1O)Oc1ccc(cc1Cl)[C@@H](O)[C@@H]1NC(=O)[C@@H](NC(=O)[C@@H]3NC(=O)[C@H](CC(N)=O)NC(=O)[C@H](NC(=O)[C@@H](CC(C)C)N(C)C(=O)OC(C)(C)C)[C@@H]2O)c2ccc(O)c(c2)-c2c(C)cc(O)cc2[C@@H](C(=O)N2CCN(C)CC2)NC1=O. The number of hydrogen-bond donors (Lipinski definition) is 15. The molecule has 14 atom stereocenters. The molecule has 104 heavy (non-hydrogen) atoms. The second-order valence-electron chi connectivity index (χ2n) is 27.9. The molecule has 5 aromatic rings. The number of aromatic hydroxyl groups is 2. The number of amides is 9. The number of carbonyl (C=O) groups is 9. The number of aliphatic hydroxyl groups is 6. The van der Waals surface area contributed by atoms with Gasteiger partial charge in [0.15, 0.2) is 11.5 Å². The largest absolute Gasteiger partial charge is 0.508 e. The summed E-state index contributed by atoms with van der Waals surface area (Å²) in [5.74, 6) is -12.7. The van der Waals surface area contributed by atoms with Gasteiger partial charge in [-0.05, 0) is 159 Å². The van der Waals surface area contributed by atoms with Crippen LogP contribution in [-0.4, -0.2) is 216 Å². The lowest BCUT2D eigenvalue weighted by molar-refractivity contribution is -0.277. The molecule has 0 aliphatic carbocycles. The summed E-state index contributed by atoms with van der Waals surface area (Å²) in [6.45, 7) is 11.7. The molecule has 11 bridgehead atoms. The molecule has 12 rings (SSSR count). The monoisotopic (exact) mass is 1460 g/mol. The molecule has 33 heteroatoms. The van der Waals surface area contributed by atoms with E-state index in [0.717, 1.165) is 29.2 Å². The number of fused-ring (bicyclic) bond motifs is 15. The van der Waals surface area contributed by atoms with Gasteiger partial charge in [0.1, 0.15) is 108 Å². The third-order valence-corrected chi connectivity index (χ3v) is 18.7. The number of nitrogens with zero attached hydrogens (tertiary/aromatic N) is 3. The number of piperazine rings is 1. The Morgan fingerprint density at radius 2 is 1.32 bits per heavy atom. The standard InChI is InChI=1S/C71H85ClN10O22/c1-30(2)20-42(81(9)70(99)104-71(5,6)7)63(93)78-54-56(87)34-11-14-44(31(3)21-34)100-46-25-36-26-47(61(46)103-69-60(91)59(90)58(89)48(29-83)102-69)101-45-15-12-35(24-40(45)72)57(88)55-67(97)77-53(68(98)82-18-16-80(8)17-19-82)39-27-37(84)22-32(4)50(39)38-23-33(10-13-43(38)85)51(64(94)79-55)76-65(95)52(36)75-62(92)41(28-49(73)86)74-66(54)96/h10-15,21-27,30,41-42,48,51-60,69,83-85,87-91H,16-20,28-29H2,1-9H3,(H2,73,86)(H,74,96)(H,75,92)(H,76,95)(H,77,97)(H,78,93)(H,79,94)/t41-,42+,48+,51-,52+,53-,54+,55-,56+,57+,58+,59-,60+,69-/m0/s1. The van der Waals surface area contributed by atoms with Gasteiger partial charge >= 0.3 is 6.09 Å². The Balaban J connectivity index is 1.20. The smallest absolute Gasteiger partial charge is 0.410 e. The van der Waals surface area contributed by atoms with E-state index in [0.29, 0.717) is 13.1 Å². The van der Waals surface area contributed by atoms with E-state index in [-0.39, 0.29) is 92.2 Å². The van der Waals surface area contributed by atoms with Crippen molar-refractivity contribution in [1.29, 1.82) is 0 Å². The van der Waals surface area contributed by atoms with Crippen molar-refractivity contribution in [2.75, 3.05) is 46.9 Å². The van der Waals surface area contributed by atoms with Gasteiger partial charge in [0, 0.05) is 38.8 Å². The molecule has 0 spiro atoms. The number of aryl methyl sites for hydroxylation is 2. The van der Waals surface area contributed by atoms with E-state index in [4.69, 9.17) is 41.0 Å². The Kier molecular flexibility index (Phi) is 23.0. The van der Waals surface area contributed by atoms with Gasteiger partial charge in [0.25, 0.3) is 0 Å². The summed E-state index contributed by atoms with van der Waals surface area (Å²) < 4.78 is 31.0. The fraction of sp³-hybridized carbons (Fsp3) is 0.451.